The van der Waals surface area contributed by atoms with Gasteiger partial charge < -0.3 is 9.47 Å². The first-order valence-corrected chi connectivity index (χ1v) is 5.57. The van der Waals surface area contributed by atoms with Crippen molar-refractivity contribution in [2.45, 2.75) is 25.9 Å². The summed E-state index contributed by atoms with van der Waals surface area (Å²) in [5.74, 6) is -0.374. The minimum atomic E-state index is -0.589. The zero-order valence-corrected chi connectivity index (χ0v) is 10.1. The van der Waals surface area contributed by atoms with Gasteiger partial charge in [-0.3, -0.25) is 10.1 Å². The van der Waals surface area contributed by atoms with Gasteiger partial charge in [0.25, 0.3) is 0 Å². The summed E-state index contributed by atoms with van der Waals surface area (Å²) in [5, 5.41) is 11.0. The third-order valence-electron chi connectivity index (χ3n) is 2.73. The van der Waals surface area contributed by atoms with Gasteiger partial charge in [-0.15, -0.1) is 0 Å². The Labute approximate surface area is 104 Å². The molecule has 18 heavy (non-hydrogen) atoms. The van der Waals surface area contributed by atoms with Crippen LogP contribution in [0.4, 0.5) is 5.69 Å². The summed E-state index contributed by atoms with van der Waals surface area (Å²) in [5.41, 5.74) is 0.586. The minimum absolute atomic E-state index is 0.0621. The molecule has 1 aliphatic rings. The quantitative estimate of drug-likeness (QED) is 0.465. The van der Waals surface area contributed by atoms with Crippen molar-refractivity contribution in [1.82, 2.24) is 0 Å². The average molecular weight is 251 g/mol. The van der Waals surface area contributed by atoms with Gasteiger partial charge >= 0.3 is 11.7 Å². The molecule has 0 amide bonds. The normalized spacial score (nSPS) is 14.1. The molecule has 0 radical (unpaired) electrons. The number of ether oxygens (including phenoxy) is 2. The molecule has 0 heterocycles. The standard InChI is InChI=1S/C12H13NO5/c1-7-5-11(18-8-3-4-8)10(13(15)16)6-9(7)12(14)17-2/h5-6,8H,3-4H2,1-2H3. The van der Waals surface area contributed by atoms with Crippen LogP contribution in [0.1, 0.15) is 28.8 Å². The second-order valence-corrected chi connectivity index (χ2v) is 4.20. The van der Waals surface area contributed by atoms with Crippen LogP contribution in [0.2, 0.25) is 0 Å². The Kier molecular flexibility index (Phi) is 3.18. The highest BCUT2D eigenvalue weighted by Gasteiger charge is 2.29. The Balaban J connectivity index is 2.43. The molecule has 1 aliphatic carbocycles. The van der Waals surface area contributed by atoms with Crippen LogP contribution in [0.15, 0.2) is 12.1 Å². The smallest absolute Gasteiger partial charge is 0.338 e. The zero-order valence-electron chi connectivity index (χ0n) is 10.1. The van der Waals surface area contributed by atoms with Crippen molar-refractivity contribution in [3.05, 3.63) is 33.4 Å². The van der Waals surface area contributed by atoms with Crippen LogP contribution in [0.5, 0.6) is 5.75 Å². The first kappa shape index (κ1) is 12.3. The molecule has 0 aromatic heterocycles. The molecule has 6 heteroatoms. The van der Waals surface area contributed by atoms with Crippen molar-refractivity contribution in [3.63, 3.8) is 0 Å². The van der Waals surface area contributed by atoms with E-state index in [1.165, 1.54) is 19.2 Å². The molecule has 0 saturated heterocycles. The van der Waals surface area contributed by atoms with Crippen LogP contribution < -0.4 is 4.74 Å². The lowest BCUT2D eigenvalue weighted by Crippen LogP contribution is -2.07. The van der Waals surface area contributed by atoms with Gasteiger partial charge in [0, 0.05) is 6.07 Å². The van der Waals surface area contributed by atoms with E-state index < -0.39 is 10.9 Å². The van der Waals surface area contributed by atoms with Gasteiger partial charge in [0.15, 0.2) is 5.75 Å². The highest BCUT2D eigenvalue weighted by Crippen LogP contribution is 2.35. The van der Waals surface area contributed by atoms with Crippen molar-refractivity contribution >= 4 is 11.7 Å². The maximum Gasteiger partial charge on any atom is 0.338 e. The zero-order chi connectivity index (χ0) is 13.3. The fraction of sp³-hybridized carbons (Fsp3) is 0.417. The number of hydrogen-bond acceptors (Lipinski definition) is 5. The van der Waals surface area contributed by atoms with Crippen molar-refractivity contribution in [1.29, 1.82) is 0 Å². The van der Waals surface area contributed by atoms with E-state index in [1.807, 2.05) is 0 Å². The lowest BCUT2D eigenvalue weighted by molar-refractivity contribution is -0.386. The number of carbonyl (C=O) groups excluding carboxylic acids is 1. The lowest BCUT2D eigenvalue weighted by Gasteiger charge is -2.09. The fourth-order valence-electron chi connectivity index (χ4n) is 1.60. The molecule has 1 saturated carbocycles. The average Bonchev–Trinajstić information content (AvgIpc) is 3.11. The first-order valence-electron chi connectivity index (χ1n) is 5.57. The molecule has 6 nitrogen and oxygen atoms in total. The van der Waals surface area contributed by atoms with Crippen LogP contribution in [0, 0.1) is 17.0 Å². The van der Waals surface area contributed by atoms with E-state index >= 15 is 0 Å². The van der Waals surface area contributed by atoms with Gasteiger partial charge in [0.05, 0.1) is 23.7 Å². The minimum Gasteiger partial charge on any atom is -0.483 e. The van der Waals surface area contributed by atoms with E-state index in [0.29, 0.717) is 5.56 Å². The predicted molar refractivity (Wildman–Crippen MR) is 62.8 cm³/mol. The Bertz CT molecular complexity index is 507. The SMILES string of the molecule is COC(=O)c1cc([N+](=O)[O-])c(OC2CC2)cc1C. The summed E-state index contributed by atoms with van der Waals surface area (Å²) in [4.78, 5) is 21.9. The number of nitro groups is 1. The second kappa shape index (κ2) is 4.64. The van der Waals surface area contributed by atoms with E-state index in [9.17, 15) is 14.9 Å². The molecule has 1 aromatic carbocycles. The Morgan fingerprint density at radius 2 is 2.11 bits per heavy atom. The number of esters is 1. The molecule has 2 rings (SSSR count). The van der Waals surface area contributed by atoms with Crippen LogP contribution in [0.3, 0.4) is 0 Å². The molecule has 0 atom stereocenters. The summed E-state index contributed by atoms with van der Waals surface area (Å²) in [7, 11) is 1.24. The van der Waals surface area contributed by atoms with Gasteiger partial charge in [-0.1, -0.05) is 0 Å². The molecule has 0 N–H and O–H groups in total. The summed E-state index contributed by atoms with van der Waals surface area (Å²) in [6.07, 6.45) is 1.89. The maximum atomic E-state index is 11.5. The number of nitro benzene ring substituents is 1. The monoisotopic (exact) mass is 251 g/mol. The van der Waals surface area contributed by atoms with Crippen molar-refractivity contribution in [3.8, 4) is 5.75 Å². The van der Waals surface area contributed by atoms with Gasteiger partial charge in [-0.2, -0.15) is 0 Å². The van der Waals surface area contributed by atoms with Gasteiger partial charge in [0.1, 0.15) is 0 Å². The number of aryl methyl sites for hydroxylation is 1. The van der Waals surface area contributed by atoms with Gasteiger partial charge in [-0.05, 0) is 31.4 Å². The first-order chi connectivity index (χ1) is 8.52. The number of rotatable bonds is 4. The van der Waals surface area contributed by atoms with Gasteiger partial charge in [0.2, 0.25) is 0 Å². The third-order valence-corrected chi connectivity index (χ3v) is 2.73. The van der Waals surface area contributed by atoms with Crippen molar-refractivity contribution in [2.24, 2.45) is 0 Å². The topological polar surface area (TPSA) is 78.7 Å². The molecule has 1 fully saturated rings. The Morgan fingerprint density at radius 1 is 1.44 bits per heavy atom. The maximum absolute atomic E-state index is 11.5. The highest BCUT2D eigenvalue weighted by atomic mass is 16.6. The molecule has 0 unspecified atom stereocenters. The van der Waals surface area contributed by atoms with Crippen molar-refractivity contribution in [2.75, 3.05) is 7.11 Å². The number of nitrogens with zero attached hydrogens (tertiary/aromatic N) is 1. The number of hydrogen-bond donors (Lipinski definition) is 0. The van der Waals surface area contributed by atoms with E-state index in [4.69, 9.17) is 4.74 Å². The predicted octanol–water partition coefficient (Wildman–Crippen LogP) is 2.23. The third kappa shape index (κ3) is 2.42. The molecular weight excluding hydrogens is 238 g/mol. The largest absolute Gasteiger partial charge is 0.483 e. The molecule has 96 valence electrons. The molecule has 0 aliphatic heterocycles. The number of methoxy groups -OCH3 is 1. The highest BCUT2D eigenvalue weighted by molar-refractivity contribution is 5.92. The van der Waals surface area contributed by atoms with Crippen LogP contribution in [-0.2, 0) is 4.74 Å². The lowest BCUT2D eigenvalue weighted by atomic mass is 10.1. The summed E-state index contributed by atoms with van der Waals surface area (Å²) < 4.78 is 10.1. The summed E-state index contributed by atoms with van der Waals surface area (Å²) in [6.45, 7) is 1.69. The second-order valence-electron chi connectivity index (χ2n) is 4.20. The van der Waals surface area contributed by atoms with Gasteiger partial charge in [-0.25, -0.2) is 4.79 Å². The number of benzene rings is 1. The van der Waals surface area contributed by atoms with Crippen LogP contribution in [-0.4, -0.2) is 24.1 Å². The van der Waals surface area contributed by atoms with E-state index in [0.717, 1.165) is 12.8 Å². The molecule has 0 bridgehead atoms. The summed E-state index contributed by atoms with van der Waals surface area (Å²) in [6, 6.07) is 2.72. The van der Waals surface area contributed by atoms with Crippen molar-refractivity contribution < 1.29 is 19.2 Å². The summed E-state index contributed by atoms with van der Waals surface area (Å²) >= 11 is 0. The van der Waals surface area contributed by atoms with E-state index in [-0.39, 0.29) is 23.1 Å². The van der Waals surface area contributed by atoms with E-state index in [1.54, 1.807) is 6.92 Å². The molecular formula is C12H13NO5. The molecule has 0 spiro atoms. The van der Waals surface area contributed by atoms with Crippen LogP contribution >= 0.6 is 0 Å². The fourth-order valence-corrected chi connectivity index (χ4v) is 1.60. The number of carbonyl (C=O) groups is 1. The molecule has 1 aromatic rings. The Hall–Kier alpha value is -2.11. The van der Waals surface area contributed by atoms with Crippen LogP contribution in [0.25, 0.3) is 0 Å². The van der Waals surface area contributed by atoms with E-state index in [2.05, 4.69) is 4.74 Å². The Morgan fingerprint density at radius 3 is 2.61 bits per heavy atom.